The maximum Gasteiger partial charge on any atom is 0.299 e. The number of rotatable bonds is 2. The number of fused-ring (bicyclic) bond motifs is 1. The van der Waals surface area contributed by atoms with E-state index in [2.05, 4.69) is 4.98 Å². The van der Waals surface area contributed by atoms with E-state index < -0.39 is 10.8 Å². The van der Waals surface area contributed by atoms with Gasteiger partial charge in [-0.05, 0) is 12.1 Å². The van der Waals surface area contributed by atoms with Crippen LogP contribution in [0.4, 0.5) is 11.4 Å². The third-order valence-corrected chi connectivity index (χ3v) is 4.23. The number of hydrogen-bond acceptors (Lipinski definition) is 6. The molecule has 0 unspecified atom stereocenters. The first-order valence-corrected chi connectivity index (χ1v) is 6.88. The molecule has 0 aliphatic carbocycles. The minimum atomic E-state index is -0.625. The molecule has 0 aliphatic rings. The van der Waals surface area contributed by atoms with Gasteiger partial charge in [0.15, 0.2) is 4.34 Å². The molecule has 0 radical (unpaired) electrons. The van der Waals surface area contributed by atoms with Crippen LogP contribution in [0.1, 0.15) is 9.67 Å². The Kier molecular flexibility index (Phi) is 3.11. The second-order valence-electron chi connectivity index (χ2n) is 4.16. The van der Waals surface area contributed by atoms with Crippen LogP contribution in [0.2, 0.25) is 4.34 Å². The van der Waals surface area contributed by atoms with Gasteiger partial charge < -0.3 is 5.73 Å². The molecule has 0 saturated heterocycles. The zero-order chi connectivity index (χ0) is 15.1. The van der Waals surface area contributed by atoms with Crippen LogP contribution in [-0.4, -0.2) is 20.4 Å². The van der Waals surface area contributed by atoms with Crippen LogP contribution >= 0.6 is 22.9 Å². The maximum absolute atomic E-state index is 12.4. The Morgan fingerprint density at radius 1 is 1.48 bits per heavy atom. The summed E-state index contributed by atoms with van der Waals surface area (Å²) >= 11 is 6.62. The van der Waals surface area contributed by atoms with E-state index in [9.17, 15) is 14.9 Å². The number of nitrogens with two attached hydrogens (primary N) is 1. The van der Waals surface area contributed by atoms with Crippen molar-refractivity contribution < 1.29 is 9.72 Å². The van der Waals surface area contributed by atoms with Crippen molar-refractivity contribution in [1.82, 2.24) is 9.55 Å². The fraction of sp³-hybridized carbons (Fsp3) is 0. The van der Waals surface area contributed by atoms with Crippen molar-refractivity contribution in [3.05, 3.63) is 49.9 Å². The van der Waals surface area contributed by atoms with E-state index in [0.717, 1.165) is 17.4 Å². The molecule has 21 heavy (non-hydrogen) atoms. The normalized spacial score (nSPS) is 10.9. The molecular formula is C12H7ClN4O3S. The number of thiophene rings is 1. The van der Waals surface area contributed by atoms with Gasteiger partial charge in [-0.2, -0.15) is 0 Å². The van der Waals surface area contributed by atoms with Crippen molar-refractivity contribution in [1.29, 1.82) is 0 Å². The van der Waals surface area contributed by atoms with Gasteiger partial charge in [0.05, 0.1) is 16.1 Å². The first-order chi connectivity index (χ1) is 9.99. The van der Waals surface area contributed by atoms with Crippen LogP contribution in [0.25, 0.3) is 11.0 Å². The van der Waals surface area contributed by atoms with E-state index >= 15 is 0 Å². The van der Waals surface area contributed by atoms with Crippen LogP contribution in [0.3, 0.4) is 0 Å². The van der Waals surface area contributed by atoms with Gasteiger partial charge in [0.2, 0.25) is 0 Å². The van der Waals surface area contributed by atoms with Crippen molar-refractivity contribution >= 4 is 51.3 Å². The molecule has 0 spiro atoms. The number of nitrogen functional groups attached to an aromatic ring is 1. The molecule has 0 saturated carbocycles. The number of carbonyl (C=O) groups excluding carboxylic acids is 1. The van der Waals surface area contributed by atoms with Gasteiger partial charge in [0.1, 0.15) is 16.7 Å². The van der Waals surface area contributed by atoms with Crippen molar-refractivity contribution in [2.45, 2.75) is 0 Å². The molecule has 2 aromatic heterocycles. The summed E-state index contributed by atoms with van der Waals surface area (Å²) in [6.07, 6.45) is 1.34. The highest BCUT2D eigenvalue weighted by atomic mass is 35.5. The second-order valence-corrected chi connectivity index (χ2v) is 5.82. The fourth-order valence-corrected chi connectivity index (χ4v) is 3.09. The molecule has 1 aromatic carbocycles. The third kappa shape index (κ3) is 2.14. The predicted octanol–water partition coefficient (Wildman–Crippen LogP) is 2.93. The van der Waals surface area contributed by atoms with Crippen LogP contribution in [0.15, 0.2) is 30.6 Å². The highest BCUT2D eigenvalue weighted by Crippen LogP contribution is 2.34. The SMILES string of the molecule is Nc1cccc2c1ncn2C(=O)c1cc([N+](=O)[O-])c(Cl)s1. The van der Waals surface area contributed by atoms with Gasteiger partial charge in [-0.15, -0.1) is 11.3 Å². The number of nitro groups is 1. The Balaban J connectivity index is 2.11. The first-order valence-electron chi connectivity index (χ1n) is 5.69. The van der Waals surface area contributed by atoms with E-state index in [-0.39, 0.29) is 14.9 Å². The third-order valence-electron chi connectivity index (χ3n) is 2.90. The minimum absolute atomic E-state index is 0.0349. The standard InChI is InChI=1S/C12H7ClN4O3S/c13-11-8(17(19)20)4-9(21-11)12(18)16-5-15-10-6(14)2-1-3-7(10)16/h1-5H,14H2. The summed E-state index contributed by atoms with van der Waals surface area (Å²) in [5.74, 6) is -0.442. The molecule has 0 fully saturated rings. The van der Waals surface area contributed by atoms with Crippen LogP contribution in [-0.2, 0) is 0 Å². The number of carbonyl (C=O) groups is 1. The van der Waals surface area contributed by atoms with Gasteiger partial charge in [-0.3, -0.25) is 19.5 Å². The maximum atomic E-state index is 12.4. The zero-order valence-corrected chi connectivity index (χ0v) is 11.9. The number of para-hydroxylation sites is 1. The number of anilines is 1. The smallest absolute Gasteiger partial charge is 0.299 e. The van der Waals surface area contributed by atoms with E-state index in [1.54, 1.807) is 18.2 Å². The summed E-state index contributed by atoms with van der Waals surface area (Å²) in [5, 5.41) is 10.8. The number of hydrogen-bond donors (Lipinski definition) is 1. The Hall–Kier alpha value is -2.45. The van der Waals surface area contributed by atoms with Crippen molar-refractivity contribution in [2.24, 2.45) is 0 Å². The molecule has 2 N–H and O–H groups in total. The molecule has 3 aromatic rings. The summed E-state index contributed by atoms with van der Waals surface area (Å²) in [7, 11) is 0. The minimum Gasteiger partial charge on any atom is -0.397 e. The van der Waals surface area contributed by atoms with Crippen LogP contribution in [0.5, 0.6) is 0 Å². The Morgan fingerprint density at radius 2 is 2.24 bits per heavy atom. The lowest BCUT2D eigenvalue weighted by Gasteiger charge is -2.00. The Bertz CT molecular complexity index is 886. The topological polar surface area (TPSA) is 104 Å². The molecule has 9 heteroatoms. The van der Waals surface area contributed by atoms with Crippen molar-refractivity contribution in [3.63, 3.8) is 0 Å². The summed E-state index contributed by atoms with van der Waals surface area (Å²) in [5.41, 5.74) is 6.99. The van der Waals surface area contributed by atoms with Gasteiger partial charge in [-0.25, -0.2) is 4.98 Å². The predicted molar refractivity (Wildman–Crippen MR) is 79.9 cm³/mol. The number of aromatic nitrogens is 2. The van der Waals surface area contributed by atoms with Gasteiger partial charge in [0, 0.05) is 6.07 Å². The molecule has 0 bridgehead atoms. The van der Waals surface area contributed by atoms with Crippen LogP contribution in [0, 0.1) is 10.1 Å². The molecule has 0 atom stereocenters. The van der Waals surface area contributed by atoms with Gasteiger partial charge in [0.25, 0.3) is 11.6 Å². The Labute approximate surface area is 126 Å². The van der Waals surface area contributed by atoms with E-state index in [0.29, 0.717) is 16.7 Å². The summed E-state index contributed by atoms with van der Waals surface area (Å²) < 4.78 is 1.25. The quantitative estimate of drug-likeness (QED) is 0.443. The van der Waals surface area contributed by atoms with Crippen LogP contribution < -0.4 is 5.73 Å². The number of nitrogens with zero attached hydrogens (tertiary/aromatic N) is 3. The lowest BCUT2D eigenvalue weighted by Crippen LogP contribution is -2.08. The molecule has 2 heterocycles. The molecular weight excluding hydrogens is 316 g/mol. The van der Waals surface area contributed by atoms with E-state index in [1.165, 1.54) is 10.9 Å². The molecule has 0 aliphatic heterocycles. The second kappa shape index (κ2) is 4.83. The molecule has 0 amide bonds. The zero-order valence-electron chi connectivity index (χ0n) is 10.3. The number of benzene rings is 1. The van der Waals surface area contributed by atoms with Gasteiger partial charge in [-0.1, -0.05) is 17.7 Å². The molecule has 3 rings (SSSR count). The fourth-order valence-electron chi connectivity index (χ4n) is 1.93. The highest BCUT2D eigenvalue weighted by molar-refractivity contribution is 7.18. The van der Waals surface area contributed by atoms with Gasteiger partial charge >= 0.3 is 0 Å². The Morgan fingerprint density at radius 3 is 2.90 bits per heavy atom. The van der Waals surface area contributed by atoms with E-state index in [1.807, 2.05) is 0 Å². The number of imidazole rings is 1. The van der Waals surface area contributed by atoms with Crippen molar-refractivity contribution in [3.8, 4) is 0 Å². The molecule has 7 nitrogen and oxygen atoms in total. The highest BCUT2D eigenvalue weighted by Gasteiger charge is 2.23. The lowest BCUT2D eigenvalue weighted by molar-refractivity contribution is -0.384. The number of halogens is 1. The first kappa shape index (κ1) is 13.5. The average molecular weight is 323 g/mol. The lowest BCUT2D eigenvalue weighted by atomic mass is 10.2. The summed E-state index contributed by atoms with van der Waals surface area (Å²) in [6, 6.07) is 6.23. The van der Waals surface area contributed by atoms with E-state index in [4.69, 9.17) is 17.3 Å². The largest absolute Gasteiger partial charge is 0.397 e. The monoisotopic (exact) mass is 322 g/mol. The summed E-state index contributed by atoms with van der Waals surface area (Å²) in [6.45, 7) is 0. The average Bonchev–Trinajstić information content (AvgIpc) is 3.02. The summed E-state index contributed by atoms with van der Waals surface area (Å²) in [4.78, 5) is 26.8. The molecule has 106 valence electrons. The van der Waals surface area contributed by atoms with Crippen molar-refractivity contribution in [2.75, 3.05) is 5.73 Å².